The fraction of sp³-hybridized carbons (Fsp3) is 0.395. The Morgan fingerprint density at radius 2 is 1.94 bits per heavy atom. The monoisotopic (exact) mass is 674 g/mol. The van der Waals surface area contributed by atoms with E-state index >= 15 is 0 Å². The maximum Gasteiger partial charge on any atom is 0.264 e. The molecule has 1 saturated carbocycles. The predicted octanol–water partition coefficient (Wildman–Crippen LogP) is 7.15. The van der Waals surface area contributed by atoms with Crippen LogP contribution < -0.4 is 14.4 Å². The maximum absolute atomic E-state index is 13.7. The van der Waals surface area contributed by atoms with Crippen LogP contribution in [0.5, 0.6) is 5.75 Å². The zero-order valence-electron chi connectivity index (χ0n) is 26.6. The number of benzene rings is 3. The number of hydrogen-bond donors (Lipinski definition) is 2. The Morgan fingerprint density at radius 1 is 1.13 bits per heavy atom. The Balaban J connectivity index is 1.33. The second-order valence-electron chi connectivity index (χ2n) is 13.3. The van der Waals surface area contributed by atoms with E-state index in [2.05, 4.69) is 34.9 Å². The molecule has 0 radical (unpaired) electrons. The second-order valence-corrected chi connectivity index (χ2v) is 15.6. The SMILES string of the molecule is C=CCC[C@H](c1ccccc1)S(=O)(=O)NC(=O)c1ccc2c(c1)N(C[C@@H]1CC[C@H]1[C@@H](O)C=C)C[C@@]1(CCCc3cc(Cl)ccc31)CO2. The quantitative estimate of drug-likeness (QED) is 0.210. The lowest BCUT2D eigenvalue weighted by molar-refractivity contribution is 0.0460. The van der Waals surface area contributed by atoms with Gasteiger partial charge in [0.2, 0.25) is 10.0 Å². The molecule has 3 aromatic rings. The highest BCUT2D eigenvalue weighted by Crippen LogP contribution is 2.46. The number of aryl methyl sites for hydroxylation is 1. The van der Waals surface area contributed by atoms with E-state index in [4.69, 9.17) is 16.3 Å². The molecule has 5 atom stereocenters. The largest absolute Gasteiger partial charge is 0.490 e. The summed E-state index contributed by atoms with van der Waals surface area (Å²) in [5.74, 6) is 0.299. The molecule has 1 fully saturated rings. The number of fused-ring (bicyclic) bond motifs is 3. The van der Waals surface area contributed by atoms with E-state index in [-0.39, 0.29) is 22.8 Å². The third kappa shape index (κ3) is 6.87. The normalized spacial score (nSPS) is 23.2. The van der Waals surface area contributed by atoms with Crippen LogP contribution in [0.1, 0.15) is 70.8 Å². The summed E-state index contributed by atoms with van der Waals surface area (Å²) in [5.41, 5.74) is 3.77. The Morgan fingerprint density at radius 3 is 2.66 bits per heavy atom. The number of carbonyl (C=O) groups is 1. The highest BCUT2D eigenvalue weighted by molar-refractivity contribution is 7.90. The van der Waals surface area contributed by atoms with E-state index in [0.29, 0.717) is 43.9 Å². The molecule has 9 heteroatoms. The molecule has 7 nitrogen and oxygen atoms in total. The third-order valence-corrected chi connectivity index (χ3v) is 12.3. The topological polar surface area (TPSA) is 95.9 Å². The van der Waals surface area contributed by atoms with Gasteiger partial charge in [0.1, 0.15) is 11.0 Å². The molecule has 3 aliphatic rings. The van der Waals surface area contributed by atoms with Crippen molar-refractivity contribution in [3.63, 3.8) is 0 Å². The van der Waals surface area contributed by atoms with Gasteiger partial charge in [0.25, 0.3) is 5.91 Å². The Labute approximate surface area is 283 Å². The van der Waals surface area contributed by atoms with Crippen LogP contribution in [0.3, 0.4) is 0 Å². The van der Waals surface area contributed by atoms with Gasteiger partial charge in [-0.05, 0) is 104 Å². The van der Waals surface area contributed by atoms with Gasteiger partial charge in [-0.15, -0.1) is 13.2 Å². The zero-order valence-corrected chi connectivity index (χ0v) is 28.2. The second kappa shape index (κ2) is 13.9. The fourth-order valence-electron chi connectivity index (χ4n) is 7.68. The Hall–Kier alpha value is -3.59. The maximum atomic E-state index is 13.7. The summed E-state index contributed by atoms with van der Waals surface area (Å²) in [6.07, 6.45) is 8.30. The lowest BCUT2D eigenvalue weighted by Crippen LogP contribution is -2.49. The van der Waals surface area contributed by atoms with E-state index < -0.39 is 27.3 Å². The van der Waals surface area contributed by atoms with E-state index in [1.807, 2.05) is 12.1 Å². The number of aliphatic hydroxyl groups excluding tert-OH is 1. The van der Waals surface area contributed by atoms with Crippen molar-refractivity contribution >= 4 is 33.2 Å². The van der Waals surface area contributed by atoms with E-state index in [9.17, 15) is 18.3 Å². The van der Waals surface area contributed by atoms with Gasteiger partial charge in [-0.3, -0.25) is 4.79 Å². The van der Waals surface area contributed by atoms with E-state index in [1.165, 1.54) is 11.1 Å². The van der Waals surface area contributed by atoms with E-state index in [0.717, 1.165) is 42.8 Å². The highest BCUT2D eigenvalue weighted by atomic mass is 35.5. The number of allylic oxidation sites excluding steroid dienone is 1. The van der Waals surface area contributed by atoms with Crippen LogP contribution in [-0.4, -0.2) is 45.2 Å². The number of nitrogens with one attached hydrogen (secondary N) is 1. The molecule has 1 aliphatic heterocycles. The first-order chi connectivity index (χ1) is 22.6. The summed E-state index contributed by atoms with van der Waals surface area (Å²) in [6.45, 7) is 9.35. The molecular formula is C38H43ClN2O5S. The number of nitrogens with zero attached hydrogens (tertiary/aromatic N) is 1. The molecule has 1 spiro atoms. The van der Waals surface area contributed by atoms with Crippen LogP contribution in [0, 0.1) is 11.8 Å². The first-order valence-corrected chi connectivity index (χ1v) is 18.4. The zero-order chi connectivity index (χ0) is 33.2. The lowest BCUT2D eigenvalue weighted by Gasteiger charge is -2.45. The van der Waals surface area contributed by atoms with Crippen molar-refractivity contribution < 1.29 is 23.1 Å². The van der Waals surface area contributed by atoms with Crippen LogP contribution in [-0.2, 0) is 21.9 Å². The molecule has 0 aromatic heterocycles. The van der Waals surface area contributed by atoms with Gasteiger partial charge in [-0.1, -0.05) is 60.2 Å². The minimum Gasteiger partial charge on any atom is -0.490 e. The summed E-state index contributed by atoms with van der Waals surface area (Å²) < 4.78 is 36.2. The number of aliphatic hydroxyl groups is 1. The van der Waals surface area contributed by atoms with Crippen molar-refractivity contribution in [2.75, 3.05) is 24.6 Å². The van der Waals surface area contributed by atoms with Crippen molar-refractivity contribution in [2.45, 2.75) is 61.7 Å². The molecular weight excluding hydrogens is 632 g/mol. The average Bonchev–Trinajstić information content (AvgIpc) is 3.20. The van der Waals surface area contributed by atoms with Gasteiger partial charge < -0.3 is 14.7 Å². The van der Waals surface area contributed by atoms with Gasteiger partial charge in [0.05, 0.1) is 18.4 Å². The average molecular weight is 675 g/mol. The van der Waals surface area contributed by atoms with Crippen molar-refractivity contribution in [3.05, 3.63) is 119 Å². The van der Waals surface area contributed by atoms with Crippen LogP contribution in [0.15, 0.2) is 92.0 Å². The molecule has 0 unspecified atom stereocenters. The van der Waals surface area contributed by atoms with Gasteiger partial charge in [0, 0.05) is 29.1 Å². The molecule has 1 heterocycles. The molecule has 248 valence electrons. The summed E-state index contributed by atoms with van der Waals surface area (Å²) in [4.78, 5) is 16.0. The third-order valence-electron chi connectivity index (χ3n) is 10.3. The standard InChI is InChI=1S/C38H43ClN2O5S/c1-3-5-13-36(26-10-7-6-8-11-26)47(44,45)40-37(43)28-15-19-35-33(22-28)41(23-29-14-17-31(29)34(42)4-2)24-38(25-46-35)20-9-12-27-21-30(39)16-18-32(27)38/h3-4,6-8,10-11,15-16,18-19,21-22,29,31,34,36,42H,1-2,5,9,12-14,17,20,23-25H2,(H,40,43)/t29-,31+,34-,36+,38-/m0/s1. The molecule has 3 aromatic carbocycles. The minimum absolute atomic E-state index is 0.107. The lowest BCUT2D eigenvalue weighted by atomic mass is 9.68. The molecule has 1 amide bonds. The summed E-state index contributed by atoms with van der Waals surface area (Å²) in [5, 5.41) is 10.5. The molecule has 0 saturated heterocycles. The van der Waals surface area contributed by atoms with Crippen LogP contribution in [0.25, 0.3) is 0 Å². The van der Waals surface area contributed by atoms with Crippen LogP contribution in [0.4, 0.5) is 5.69 Å². The molecule has 2 N–H and O–H groups in total. The summed E-state index contributed by atoms with van der Waals surface area (Å²) >= 11 is 6.41. The molecule has 0 bridgehead atoms. The van der Waals surface area contributed by atoms with Crippen molar-refractivity contribution in [3.8, 4) is 5.75 Å². The summed E-state index contributed by atoms with van der Waals surface area (Å²) in [7, 11) is -4.07. The van der Waals surface area contributed by atoms with Crippen LogP contribution >= 0.6 is 11.6 Å². The number of ether oxygens (including phenoxy) is 1. The number of hydrogen-bond acceptors (Lipinski definition) is 6. The van der Waals surface area contributed by atoms with Crippen molar-refractivity contribution in [1.82, 2.24) is 4.72 Å². The predicted molar refractivity (Wildman–Crippen MR) is 188 cm³/mol. The number of anilines is 1. The Bertz CT molecular complexity index is 1750. The summed E-state index contributed by atoms with van der Waals surface area (Å²) in [6, 6.07) is 20.2. The van der Waals surface area contributed by atoms with Crippen molar-refractivity contribution in [2.24, 2.45) is 11.8 Å². The van der Waals surface area contributed by atoms with Gasteiger partial charge in [0.15, 0.2) is 0 Å². The number of amides is 1. The molecule has 6 rings (SSSR count). The van der Waals surface area contributed by atoms with Crippen LogP contribution in [0.2, 0.25) is 5.02 Å². The molecule has 47 heavy (non-hydrogen) atoms. The first-order valence-electron chi connectivity index (χ1n) is 16.5. The van der Waals surface area contributed by atoms with Gasteiger partial charge in [-0.25, -0.2) is 13.1 Å². The highest BCUT2D eigenvalue weighted by Gasteiger charge is 2.44. The smallest absolute Gasteiger partial charge is 0.264 e. The van der Waals surface area contributed by atoms with Gasteiger partial charge in [-0.2, -0.15) is 0 Å². The minimum atomic E-state index is -4.07. The Kier molecular flexibility index (Phi) is 9.83. The molecule has 2 aliphatic carbocycles. The van der Waals surface area contributed by atoms with Crippen molar-refractivity contribution in [1.29, 1.82) is 0 Å². The number of halogens is 1. The number of carbonyl (C=O) groups excluding carboxylic acids is 1. The fourth-order valence-corrected chi connectivity index (χ4v) is 9.36. The number of rotatable bonds is 11. The first kappa shape index (κ1) is 33.3. The van der Waals surface area contributed by atoms with E-state index in [1.54, 1.807) is 54.6 Å². The number of sulfonamides is 1. The van der Waals surface area contributed by atoms with Gasteiger partial charge >= 0.3 is 0 Å².